The predicted molar refractivity (Wildman–Crippen MR) is 74.8 cm³/mol. The fourth-order valence-corrected chi connectivity index (χ4v) is 1.79. The number of ether oxygens (including phenoxy) is 2. The monoisotopic (exact) mass is 258 g/mol. The highest BCUT2D eigenvalue weighted by Gasteiger charge is 2.05. The first-order valence-electron chi connectivity index (χ1n) is 6.33. The zero-order valence-electron chi connectivity index (χ0n) is 11.2. The van der Waals surface area contributed by atoms with Crippen LogP contribution in [0.4, 0.5) is 0 Å². The van der Waals surface area contributed by atoms with Crippen molar-refractivity contribution in [2.45, 2.75) is 19.4 Å². The molecule has 0 amide bonds. The van der Waals surface area contributed by atoms with E-state index in [9.17, 15) is 5.11 Å². The molecular formula is C16H18O3. The SMILES string of the molecule is CCC(O)c1ccc(Oc2cccc(OC)c2)cc1. The van der Waals surface area contributed by atoms with Gasteiger partial charge in [0.1, 0.15) is 17.2 Å². The number of hydrogen-bond donors (Lipinski definition) is 1. The number of aliphatic hydroxyl groups is 1. The van der Waals surface area contributed by atoms with Crippen molar-refractivity contribution in [2.75, 3.05) is 7.11 Å². The Bertz CT molecular complexity index is 520. The summed E-state index contributed by atoms with van der Waals surface area (Å²) in [6.07, 6.45) is 0.293. The maximum Gasteiger partial charge on any atom is 0.131 e. The van der Waals surface area contributed by atoms with Crippen LogP contribution in [0.15, 0.2) is 48.5 Å². The highest BCUT2D eigenvalue weighted by atomic mass is 16.5. The van der Waals surface area contributed by atoms with Crippen LogP contribution in [0.25, 0.3) is 0 Å². The first-order valence-corrected chi connectivity index (χ1v) is 6.33. The van der Waals surface area contributed by atoms with Crippen LogP contribution in [0.5, 0.6) is 17.2 Å². The van der Waals surface area contributed by atoms with Crippen LogP contribution in [-0.4, -0.2) is 12.2 Å². The van der Waals surface area contributed by atoms with Gasteiger partial charge in [-0.3, -0.25) is 0 Å². The lowest BCUT2D eigenvalue weighted by atomic mass is 10.1. The van der Waals surface area contributed by atoms with E-state index in [1.807, 2.05) is 55.5 Å². The molecule has 2 aromatic rings. The summed E-state index contributed by atoms with van der Waals surface area (Å²) in [5.74, 6) is 2.22. The average Bonchev–Trinajstić information content (AvgIpc) is 2.47. The zero-order chi connectivity index (χ0) is 13.7. The van der Waals surface area contributed by atoms with Crippen LogP contribution in [0.2, 0.25) is 0 Å². The molecule has 0 bridgehead atoms. The largest absolute Gasteiger partial charge is 0.497 e. The van der Waals surface area contributed by atoms with E-state index in [-0.39, 0.29) is 0 Å². The Hall–Kier alpha value is -2.00. The van der Waals surface area contributed by atoms with Crippen LogP contribution >= 0.6 is 0 Å². The summed E-state index contributed by atoms with van der Waals surface area (Å²) in [6.45, 7) is 1.95. The van der Waals surface area contributed by atoms with E-state index >= 15 is 0 Å². The van der Waals surface area contributed by atoms with E-state index in [1.165, 1.54) is 0 Å². The lowest BCUT2D eigenvalue weighted by Gasteiger charge is -2.10. The third-order valence-electron chi connectivity index (χ3n) is 2.93. The molecule has 0 fully saturated rings. The number of benzene rings is 2. The maximum absolute atomic E-state index is 9.72. The quantitative estimate of drug-likeness (QED) is 0.883. The molecule has 19 heavy (non-hydrogen) atoms. The Morgan fingerprint density at radius 2 is 1.68 bits per heavy atom. The van der Waals surface area contributed by atoms with Gasteiger partial charge in [0.2, 0.25) is 0 Å². The van der Waals surface area contributed by atoms with Crippen LogP contribution in [0.3, 0.4) is 0 Å². The fraction of sp³-hybridized carbons (Fsp3) is 0.250. The molecule has 0 aliphatic carbocycles. The van der Waals surface area contributed by atoms with Crippen LogP contribution < -0.4 is 9.47 Å². The molecule has 3 heteroatoms. The summed E-state index contributed by atoms with van der Waals surface area (Å²) in [4.78, 5) is 0. The number of hydrogen-bond acceptors (Lipinski definition) is 3. The van der Waals surface area contributed by atoms with Crippen molar-refractivity contribution in [1.82, 2.24) is 0 Å². The molecule has 1 atom stereocenters. The maximum atomic E-state index is 9.72. The minimum atomic E-state index is -0.411. The third kappa shape index (κ3) is 3.48. The molecule has 0 aromatic heterocycles. The number of rotatable bonds is 5. The van der Waals surface area contributed by atoms with Gasteiger partial charge in [-0.2, -0.15) is 0 Å². The molecule has 1 unspecified atom stereocenters. The molecule has 0 spiro atoms. The van der Waals surface area contributed by atoms with Crippen LogP contribution in [-0.2, 0) is 0 Å². The van der Waals surface area contributed by atoms with E-state index in [0.29, 0.717) is 6.42 Å². The molecule has 0 saturated carbocycles. The molecule has 3 nitrogen and oxygen atoms in total. The second-order valence-corrected chi connectivity index (χ2v) is 4.27. The molecule has 0 heterocycles. The molecule has 1 N–H and O–H groups in total. The summed E-state index contributed by atoms with van der Waals surface area (Å²) in [5, 5.41) is 9.72. The second kappa shape index (κ2) is 6.25. The lowest BCUT2D eigenvalue weighted by molar-refractivity contribution is 0.173. The van der Waals surface area contributed by atoms with Gasteiger partial charge in [0.05, 0.1) is 13.2 Å². The molecule has 2 aromatic carbocycles. The molecule has 100 valence electrons. The fourth-order valence-electron chi connectivity index (χ4n) is 1.79. The molecule has 0 saturated heterocycles. The predicted octanol–water partition coefficient (Wildman–Crippen LogP) is 3.93. The molecule has 0 aliphatic heterocycles. The van der Waals surface area contributed by atoms with E-state index in [0.717, 1.165) is 22.8 Å². The summed E-state index contributed by atoms with van der Waals surface area (Å²) in [5.41, 5.74) is 0.903. The topological polar surface area (TPSA) is 38.7 Å². The van der Waals surface area contributed by atoms with Gasteiger partial charge in [-0.15, -0.1) is 0 Å². The summed E-state index contributed by atoms with van der Waals surface area (Å²) in [7, 11) is 1.63. The van der Waals surface area contributed by atoms with Crippen molar-refractivity contribution in [2.24, 2.45) is 0 Å². The van der Waals surface area contributed by atoms with Crippen molar-refractivity contribution in [3.63, 3.8) is 0 Å². The van der Waals surface area contributed by atoms with Crippen molar-refractivity contribution in [1.29, 1.82) is 0 Å². The van der Waals surface area contributed by atoms with Gasteiger partial charge in [0.15, 0.2) is 0 Å². The zero-order valence-corrected chi connectivity index (χ0v) is 11.2. The van der Waals surface area contributed by atoms with E-state index in [2.05, 4.69) is 0 Å². The van der Waals surface area contributed by atoms with Crippen molar-refractivity contribution in [3.05, 3.63) is 54.1 Å². The Morgan fingerprint density at radius 3 is 2.32 bits per heavy atom. The average molecular weight is 258 g/mol. The Labute approximate surface area is 113 Å². The summed E-state index contributed by atoms with van der Waals surface area (Å²) in [6, 6.07) is 14.9. The van der Waals surface area contributed by atoms with Crippen molar-refractivity contribution < 1.29 is 14.6 Å². The first-order chi connectivity index (χ1) is 9.22. The first kappa shape index (κ1) is 13.4. The van der Waals surface area contributed by atoms with Gasteiger partial charge in [-0.25, -0.2) is 0 Å². The van der Waals surface area contributed by atoms with Crippen LogP contribution in [0.1, 0.15) is 25.0 Å². The van der Waals surface area contributed by atoms with E-state index in [4.69, 9.17) is 9.47 Å². The van der Waals surface area contributed by atoms with Crippen LogP contribution in [0, 0.1) is 0 Å². The number of aliphatic hydroxyl groups excluding tert-OH is 1. The third-order valence-corrected chi connectivity index (χ3v) is 2.93. The highest BCUT2D eigenvalue weighted by Crippen LogP contribution is 2.26. The Balaban J connectivity index is 2.10. The van der Waals surface area contributed by atoms with Gasteiger partial charge < -0.3 is 14.6 Å². The van der Waals surface area contributed by atoms with Gasteiger partial charge in [-0.05, 0) is 36.2 Å². The Kier molecular flexibility index (Phi) is 4.42. The van der Waals surface area contributed by atoms with Gasteiger partial charge >= 0.3 is 0 Å². The lowest BCUT2D eigenvalue weighted by Crippen LogP contribution is -1.94. The van der Waals surface area contributed by atoms with E-state index in [1.54, 1.807) is 7.11 Å². The molecule has 0 aliphatic rings. The molecule has 0 radical (unpaired) electrons. The van der Waals surface area contributed by atoms with Gasteiger partial charge in [-0.1, -0.05) is 25.1 Å². The summed E-state index contributed by atoms with van der Waals surface area (Å²) < 4.78 is 10.9. The smallest absolute Gasteiger partial charge is 0.131 e. The molecular weight excluding hydrogens is 240 g/mol. The summed E-state index contributed by atoms with van der Waals surface area (Å²) >= 11 is 0. The Morgan fingerprint density at radius 1 is 1.00 bits per heavy atom. The second-order valence-electron chi connectivity index (χ2n) is 4.27. The normalized spacial score (nSPS) is 11.9. The van der Waals surface area contributed by atoms with Gasteiger partial charge in [0.25, 0.3) is 0 Å². The number of methoxy groups -OCH3 is 1. The van der Waals surface area contributed by atoms with E-state index < -0.39 is 6.10 Å². The standard InChI is InChI=1S/C16H18O3/c1-3-16(17)12-7-9-13(10-8-12)19-15-6-4-5-14(11-15)18-2/h4-11,16-17H,3H2,1-2H3. The molecule has 2 rings (SSSR count). The highest BCUT2D eigenvalue weighted by molar-refractivity contribution is 5.37. The minimum Gasteiger partial charge on any atom is -0.497 e. The van der Waals surface area contributed by atoms with Crippen molar-refractivity contribution in [3.8, 4) is 17.2 Å². The van der Waals surface area contributed by atoms with Gasteiger partial charge in [0, 0.05) is 6.07 Å². The van der Waals surface area contributed by atoms with Crippen molar-refractivity contribution >= 4 is 0 Å². The minimum absolute atomic E-state index is 0.411.